The molecule has 0 aliphatic rings. The lowest BCUT2D eigenvalue weighted by Crippen LogP contribution is -1.99. The highest BCUT2D eigenvalue weighted by Crippen LogP contribution is 2.19. The fourth-order valence-corrected chi connectivity index (χ4v) is 2.92. The number of carbonyl (C=O) groups is 1. The number of aryl methyl sites for hydroxylation is 3. The standard InChI is InChI=1S/C21H22N2O2/c1-23-19-13-11-17(12-14-21(24)25-2)15-18(19)22-20(23)10-6-9-16-7-4-3-5-8-16/h3-5,7-8,11-15H,6,9-10H2,1-2H3/b14-12+. The van der Waals surface area contributed by atoms with E-state index in [1.54, 1.807) is 6.08 Å². The summed E-state index contributed by atoms with van der Waals surface area (Å²) < 4.78 is 6.76. The van der Waals surface area contributed by atoms with Gasteiger partial charge in [-0.15, -0.1) is 0 Å². The van der Waals surface area contributed by atoms with E-state index in [1.165, 1.54) is 18.7 Å². The van der Waals surface area contributed by atoms with E-state index in [1.807, 2.05) is 24.3 Å². The van der Waals surface area contributed by atoms with E-state index in [0.717, 1.165) is 41.7 Å². The van der Waals surface area contributed by atoms with Crippen LogP contribution in [-0.4, -0.2) is 22.6 Å². The van der Waals surface area contributed by atoms with Gasteiger partial charge in [-0.05, 0) is 42.2 Å². The molecule has 0 unspecified atom stereocenters. The monoisotopic (exact) mass is 334 g/mol. The molecule has 0 aliphatic heterocycles. The molecular formula is C21H22N2O2. The van der Waals surface area contributed by atoms with E-state index in [4.69, 9.17) is 4.98 Å². The lowest BCUT2D eigenvalue weighted by molar-refractivity contribution is -0.134. The number of carbonyl (C=O) groups excluding carboxylic acids is 1. The highest BCUT2D eigenvalue weighted by molar-refractivity contribution is 5.88. The lowest BCUT2D eigenvalue weighted by Gasteiger charge is -2.03. The average Bonchev–Trinajstić information content (AvgIpc) is 2.96. The highest BCUT2D eigenvalue weighted by Gasteiger charge is 2.08. The smallest absolute Gasteiger partial charge is 0.330 e. The Labute approximate surface area is 147 Å². The summed E-state index contributed by atoms with van der Waals surface area (Å²) >= 11 is 0. The van der Waals surface area contributed by atoms with E-state index in [9.17, 15) is 4.79 Å². The maximum Gasteiger partial charge on any atom is 0.330 e. The number of ether oxygens (including phenoxy) is 1. The van der Waals surface area contributed by atoms with Gasteiger partial charge in [0.2, 0.25) is 0 Å². The van der Waals surface area contributed by atoms with Crippen molar-refractivity contribution >= 4 is 23.1 Å². The summed E-state index contributed by atoms with van der Waals surface area (Å²) in [5, 5.41) is 0. The van der Waals surface area contributed by atoms with Crippen LogP contribution in [0, 0.1) is 0 Å². The number of benzene rings is 2. The number of fused-ring (bicyclic) bond motifs is 1. The van der Waals surface area contributed by atoms with Crippen molar-refractivity contribution < 1.29 is 9.53 Å². The summed E-state index contributed by atoms with van der Waals surface area (Å²) in [6.07, 6.45) is 6.22. The predicted octanol–water partition coefficient (Wildman–Crippen LogP) is 3.93. The van der Waals surface area contributed by atoms with E-state index < -0.39 is 0 Å². The zero-order valence-corrected chi connectivity index (χ0v) is 14.6. The van der Waals surface area contributed by atoms with Gasteiger partial charge in [0.25, 0.3) is 0 Å². The first-order valence-corrected chi connectivity index (χ1v) is 8.42. The van der Waals surface area contributed by atoms with Crippen molar-refractivity contribution in [1.82, 2.24) is 9.55 Å². The zero-order valence-electron chi connectivity index (χ0n) is 14.6. The van der Waals surface area contributed by atoms with Crippen LogP contribution in [0.2, 0.25) is 0 Å². The Morgan fingerprint density at radius 3 is 2.72 bits per heavy atom. The van der Waals surface area contributed by atoms with Crippen LogP contribution < -0.4 is 0 Å². The van der Waals surface area contributed by atoms with Gasteiger partial charge in [0, 0.05) is 19.5 Å². The van der Waals surface area contributed by atoms with Gasteiger partial charge in [0.15, 0.2) is 0 Å². The largest absolute Gasteiger partial charge is 0.466 e. The number of nitrogens with zero attached hydrogens (tertiary/aromatic N) is 2. The number of imidazole rings is 1. The Kier molecular flexibility index (Phi) is 5.29. The molecule has 2 aromatic carbocycles. The van der Waals surface area contributed by atoms with Crippen molar-refractivity contribution in [2.75, 3.05) is 7.11 Å². The Morgan fingerprint density at radius 1 is 1.16 bits per heavy atom. The fraction of sp³-hybridized carbons (Fsp3) is 0.238. The van der Waals surface area contributed by atoms with E-state index in [2.05, 4.69) is 40.6 Å². The molecule has 3 aromatic rings. The minimum atomic E-state index is -0.359. The van der Waals surface area contributed by atoms with Crippen LogP contribution in [0.15, 0.2) is 54.6 Å². The van der Waals surface area contributed by atoms with Crippen molar-refractivity contribution in [1.29, 1.82) is 0 Å². The molecule has 0 radical (unpaired) electrons. The van der Waals surface area contributed by atoms with Crippen LogP contribution in [0.5, 0.6) is 0 Å². The average molecular weight is 334 g/mol. The van der Waals surface area contributed by atoms with Crippen LogP contribution in [0.4, 0.5) is 0 Å². The minimum Gasteiger partial charge on any atom is -0.466 e. The second-order valence-electron chi connectivity index (χ2n) is 6.03. The molecule has 128 valence electrons. The van der Waals surface area contributed by atoms with Crippen LogP contribution in [0.25, 0.3) is 17.1 Å². The summed E-state index contributed by atoms with van der Waals surface area (Å²) in [4.78, 5) is 16.0. The second-order valence-corrected chi connectivity index (χ2v) is 6.03. The number of hydrogen-bond acceptors (Lipinski definition) is 3. The number of esters is 1. The molecule has 0 spiro atoms. The summed E-state index contributed by atoms with van der Waals surface area (Å²) in [6, 6.07) is 16.5. The first kappa shape index (κ1) is 17.0. The van der Waals surface area contributed by atoms with Crippen LogP contribution in [-0.2, 0) is 29.4 Å². The molecule has 0 atom stereocenters. The second kappa shape index (κ2) is 7.79. The summed E-state index contributed by atoms with van der Waals surface area (Å²) in [5.41, 5.74) is 4.34. The Balaban J connectivity index is 1.72. The number of rotatable bonds is 6. The van der Waals surface area contributed by atoms with Crippen LogP contribution in [0.1, 0.15) is 23.4 Å². The van der Waals surface area contributed by atoms with Crippen molar-refractivity contribution in [3.63, 3.8) is 0 Å². The number of aromatic nitrogens is 2. The van der Waals surface area contributed by atoms with Gasteiger partial charge >= 0.3 is 5.97 Å². The van der Waals surface area contributed by atoms with Crippen molar-refractivity contribution in [2.45, 2.75) is 19.3 Å². The first-order valence-electron chi connectivity index (χ1n) is 8.42. The molecule has 0 amide bonds. The van der Waals surface area contributed by atoms with Gasteiger partial charge in [-0.2, -0.15) is 0 Å². The Hall–Kier alpha value is -2.88. The summed E-state index contributed by atoms with van der Waals surface area (Å²) in [7, 11) is 3.42. The highest BCUT2D eigenvalue weighted by atomic mass is 16.5. The third-order valence-corrected chi connectivity index (χ3v) is 4.32. The van der Waals surface area contributed by atoms with E-state index in [-0.39, 0.29) is 5.97 Å². The minimum absolute atomic E-state index is 0.359. The Bertz CT molecular complexity index is 895. The third-order valence-electron chi connectivity index (χ3n) is 4.32. The maximum absolute atomic E-state index is 11.2. The molecule has 3 rings (SSSR count). The molecule has 0 bridgehead atoms. The van der Waals surface area contributed by atoms with E-state index >= 15 is 0 Å². The molecule has 0 saturated carbocycles. The van der Waals surface area contributed by atoms with Crippen molar-refractivity contribution in [3.8, 4) is 0 Å². The third kappa shape index (κ3) is 4.15. The maximum atomic E-state index is 11.2. The molecule has 0 aliphatic carbocycles. The summed E-state index contributed by atoms with van der Waals surface area (Å²) in [5.74, 6) is 0.725. The normalized spacial score (nSPS) is 11.3. The SMILES string of the molecule is COC(=O)/C=C/c1ccc2c(c1)nc(CCCc1ccccc1)n2C. The molecule has 4 nitrogen and oxygen atoms in total. The fourth-order valence-electron chi connectivity index (χ4n) is 2.92. The van der Waals surface area contributed by atoms with Gasteiger partial charge in [-0.1, -0.05) is 36.4 Å². The van der Waals surface area contributed by atoms with E-state index in [0.29, 0.717) is 0 Å². The van der Waals surface area contributed by atoms with Gasteiger partial charge < -0.3 is 9.30 Å². The first-order chi connectivity index (χ1) is 12.2. The molecular weight excluding hydrogens is 312 g/mol. The molecule has 0 N–H and O–H groups in total. The molecule has 1 heterocycles. The molecule has 0 fully saturated rings. The number of hydrogen-bond donors (Lipinski definition) is 0. The molecule has 0 saturated heterocycles. The predicted molar refractivity (Wildman–Crippen MR) is 100 cm³/mol. The zero-order chi connectivity index (χ0) is 17.6. The van der Waals surface area contributed by atoms with Gasteiger partial charge in [0.05, 0.1) is 18.1 Å². The van der Waals surface area contributed by atoms with Crippen LogP contribution in [0.3, 0.4) is 0 Å². The quantitative estimate of drug-likeness (QED) is 0.507. The van der Waals surface area contributed by atoms with Crippen LogP contribution >= 0.6 is 0 Å². The van der Waals surface area contributed by atoms with Crippen molar-refractivity contribution in [3.05, 3.63) is 71.6 Å². The topological polar surface area (TPSA) is 44.1 Å². The Morgan fingerprint density at radius 2 is 1.96 bits per heavy atom. The van der Waals surface area contributed by atoms with Gasteiger partial charge in [0.1, 0.15) is 5.82 Å². The van der Waals surface area contributed by atoms with Crippen molar-refractivity contribution in [2.24, 2.45) is 7.05 Å². The van der Waals surface area contributed by atoms with Gasteiger partial charge in [-0.3, -0.25) is 0 Å². The molecule has 1 aromatic heterocycles. The number of methoxy groups -OCH3 is 1. The van der Waals surface area contributed by atoms with Gasteiger partial charge in [-0.25, -0.2) is 9.78 Å². The molecule has 25 heavy (non-hydrogen) atoms. The summed E-state index contributed by atoms with van der Waals surface area (Å²) in [6.45, 7) is 0. The lowest BCUT2D eigenvalue weighted by atomic mass is 10.1. The molecule has 4 heteroatoms.